The van der Waals surface area contributed by atoms with Crippen molar-refractivity contribution in [3.05, 3.63) is 16.5 Å². The van der Waals surface area contributed by atoms with Gasteiger partial charge in [-0.2, -0.15) is 4.98 Å². The molecular weight excluding hydrogens is 298 g/mol. The second-order valence-corrected chi connectivity index (χ2v) is 7.03. The first kappa shape index (κ1) is 13.8. The molecule has 0 spiro atoms. The molecule has 22 heavy (non-hydrogen) atoms. The van der Waals surface area contributed by atoms with Crippen LogP contribution in [0.15, 0.2) is 6.07 Å². The SMILES string of the molecule is CC(=O)N1CCN(c2n[nH]c(-c3cc4c(s3)CCC4)n2)CC1. The zero-order valence-corrected chi connectivity index (χ0v) is 13.4. The lowest BCUT2D eigenvalue weighted by Crippen LogP contribution is -2.48. The van der Waals surface area contributed by atoms with E-state index in [4.69, 9.17) is 0 Å². The summed E-state index contributed by atoms with van der Waals surface area (Å²) in [6.07, 6.45) is 3.68. The van der Waals surface area contributed by atoms with E-state index < -0.39 is 0 Å². The van der Waals surface area contributed by atoms with Crippen LogP contribution >= 0.6 is 11.3 Å². The number of hydrogen-bond donors (Lipinski definition) is 1. The number of fused-ring (bicyclic) bond motifs is 1. The first-order valence-electron chi connectivity index (χ1n) is 7.75. The second-order valence-electron chi connectivity index (χ2n) is 5.89. The Bertz CT molecular complexity index is 677. The van der Waals surface area contributed by atoms with Gasteiger partial charge in [0.15, 0.2) is 5.82 Å². The van der Waals surface area contributed by atoms with Crippen LogP contribution in [-0.4, -0.2) is 52.2 Å². The van der Waals surface area contributed by atoms with E-state index >= 15 is 0 Å². The van der Waals surface area contributed by atoms with E-state index in [-0.39, 0.29) is 5.91 Å². The fourth-order valence-corrected chi connectivity index (χ4v) is 4.36. The smallest absolute Gasteiger partial charge is 0.245 e. The van der Waals surface area contributed by atoms with E-state index in [1.807, 2.05) is 16.2 Å². The summed E-state index contributed by atoms with van der Waals surface area (Å²) in [6, 6.07) is 2.25. The van der Waals surface area contributed by atoms with Crippen LogP contribution in [0, 0.1) is 0 Å². The van der Waals surface area contributed by atoms with Crippen LogP contribution < -0.4 is 4.90 Å². The van der Waals surface area contributed by atoms with Crippen molar-refractivity contribution in [1.82, 2.24) is 20.1 Å². The maximum Gasteiger partial charge on any atom is 0.245 e. The number of rotatable bonds is 2. The summed E-state index contributed by atoms with van der Waals surface area (Å²) in [6.45, 7) is 4.69. The summed E-state index contributed by atoms with van der Waals surface area (Å²) < 4.78 is 0. The molecule has 0 aromatic carbocycles. The van der Waals surface area contributed by atoms with Crippen LogP contribution in [0.2, 0.25) is 0 Å². The molecule has 0 atom stereocenters. The molecule has 1 aliphatic heterocycles. The van der Waals surface area contributed by atoms with Crippen molar-refractivity contribution in [2.75, 3.05) is 31.1 Å². The van der Waals surface area contributed by atoms with Crippen molar-refractivity contribution in [2.24, 2.45) is 0 Å². The fraction of sp³-hybridized carbons (Fsp3) is 0.533. The second kappa shape index (κ2) is 5.39. The number of amides is 1. The molecule has 0 unspecified atom stereocenters. The van der Waals surface area contributed by atoms with E-state index in [2.05, 4.69) is 26.1 Å². The van der Waals surface area contributed by atoms with Gasteiger partial charge in [0.05, 0.1) is 4.88 Å². The molecular formula is C15H19N5OS. The summed E-state index contributed by atoms with van der Waals surface area (Å²) in [7, 11) is 0. The summed E-state index contributed by atoms with van der Waals surface area (Å²) in [5.41, 5.74) is 1.48. The summed E-state index contributed by atoms with van der Waals surface area (Å²) in [4.78, 5) is 22.7. The first-order chi connectivity index (χ1) is 10.7. The molecule has 2 aliphatic rings. The minimum absolute atomic E-state index is 0.142. The first-order valence-corrected chi connectivity index (χ1v) is 8.57. The molecule has 2 aromatic heterocycles. The van der Waals surface area contributed by atoms with Gasteiger partial charge >= 0.3 is 0 Å². The normalized spacial score (nSPS) is 17.9. The van der Waals surface area contributed by atoms with Crippen LogP contribution in [0.1, 0.15) is 23.8 Å². The van der Waals surface area contributed by atoms with Crippen LogP contribution in [0.5, 0.6) is 0 Å². The molecule has 1 N–H and O–H groups in total. The lowest BCUT2D eigenvalue weighted by Gasteiger charge is -2.33. The Morgan fingerprint density at radius 3 is 2.82 bits per heavy atom. The van der Waals surface area contributed by atoms with Gasteiger partial charge in [-0.25, -0.2) is 0 Å². The van der Waals surface area contributed by atoms with Gasteiger partial charge < -0.3 is 9.80 Å². The zero-order valence-electron chi connectivity index (χ0n) is 12.6. The van der Waals surface area contributed by atoms with Crippen molar-refractivity contribution >= 4 is 23.2 Å². The van der Waals surface area contributed by atoms with Crippen LogP contribution in [0.3, 0.4) is 0 Å². The van der Waals surface area contributed by atoms with Crippen molar-refractivity contribution < 1.29 is 4.79 Å². The number of piperazine rings is 1. The van der Waals surface area contributed by atoms with Gasteiger partial charge in [-0.1, -0.05) is 0 Å². The van der Waals surface area contributed by atoms with E-state index in [9.17, 15) is 4.79 Å². The molecule has 6 nitrogen and oxygen atoms in total. The highest BCUT2D eigenvalue weighted by atomic mass is 32.1. The Morgan fingerprint density at radius 1 is 1.27 bits per heavy atom. The molecule has 4 rings (SSSR count). The number of aromatic amines is 1. The molecule has 1 aliphatic carbocycles. The highest BCUT2D eigenvalue weighted by Gasteiger charge is 2.22. The molecule has 0 radical (unpaired) electrons. The average Bonchev–Trinajstić information content (AvgIpc) is 3.22. The summed E-state index contributed by atoms with van der Waals surface area (Å²) in [5, 5.41) is 7.43. The molecule has 0 bridgehead atoms. The molecule has 1 fully saturated rings. The van der Waals surface area contributed by atoms with Gasteiger partial charge in [-0.05, 0) is 30.9 Å². The molecule has 2 aromatic rings. The maximum atomic E-state index is 11.4. The summed E-state index contributed by atoms with van der Waals surface area (Å²) >= 11 is 1.83. The van der Waals surface area contributed by atoms with Crippen LogP contribution in [0.4, 0.5) is 5.95 Å². The third kappa shape index (κ3) is 2.39. The molecule has 3 heterocycles. The van der Waals surface area contributed by atoms with Crippen molar-refractivity contribution in [3.8, 4) is 10.7 Å². The Labute approximate surface area is 133 Å². The third-order valence-electron chi connectivity index (χ3n) is 4.46. The predicted octanol–water partition coefficient (Wildman–Crippen LogP) is 1.69. The number of nitrogens with zero attached hydrogens (tertiary/aromatic N) is 4. The minimum Gasteiger partial charge on any atom is -0.339 e. The number of nitrogens with one attached hydrogen (secondary N) is 1. The number of anilines is 1. The van der Waals surface area contributed by atoms with Crippen molar-refractivity contribution in [2.45, 2.75) is 26.2 Å². The largest absolute Gasteiger partial charge is 0.339 e. The fourth-order valence-electron chi connectivity index (χ4n) is 3.17. The van der Waals surface area contributed by atoms with Crippen LogP contribution in [0.25, 0.3) is 10.7 Å². The van der Waals surface area contributed by atoms with Gasteiger partial charge in [0, 0.05) is 38.0 Å². The lowest BCUT2D eigenvalue weighted by atomic mass is 10.2. The van der Waals surface area contributed by atoms with E-state index in [1.54, 1.807) is 6.92 Å². The van der Waals surface area contributed by atoms with Gasteiger partial charge in [-0.3, -0.25) is 9.89 Å². The Morgan fingerprint density at radius 2 is 2.09 bits per heavy atom. The number of aryl methyl sites for hydroxylation is 2. The number of thiophene rings is 1. The molecule has 0 saturated carbocycles. The van der Waals surface area contributed by atoms with E-state index in [0.717, 1.165) is 38.0 Å². The van der Waals surface area contributed by atoms with Gasteiger partial charge in [0.25, 0.3) is 0 Å². The van der Waals surface area contributed by atoms with E-state index in [1.165, 1.54) is 34.6 Å². The molecule has 1 amide bonds. The number of hydrogen-bond acceptors (Lipinski definition) is 5. The number of aromatic nitrogens is 3. The quantitative estimate of drug-likeness (QED) is 0.915. The van der Waals surface area contributed by atoms with Crippen LogP contribution in [-0.2, 0) is 17.6 Å². The number of H-pyrrole nitrogens is 1. The number of carbonyl (C=O) groups is 1. The topological polar surface area (TPSA) is 65.1 Å². The van der Waals surface area contributed by atoms with Crippen molar-refractivity contribution in [3.63, 3.8) is 0 Å². The Balaban J connectivity index is 1.48. The predicted molar refractivity (Wildman–Crippen MR) is 86.2 cm³/mol. The third-order valence-corrected chi connectivity index (χ3v) is 5.71. The van der Waals surface area contributed by atoms with Gasteiger partial charge in [-0.15, -0.1) is 16.4 Å². The monoisotopic (exact) mass is 317 g/mol. The van der Waals surface area contributed by atoms with Crippen molar-refractivity contribution in [1.29, 1.82) is 0 Å². The maximum absolute atomic E-state index is 11.4. The molecule has 7 heteroatoms. The molecule has 1 saturated heterocycles. The highest BCUT2D eigenvalue weighted by molar-refractivity contribution is 7.15. The van der Waals surface area contributed by atoms with Gasteiger partial charge in [0.2, 0.25) is 11.9 Å². The summed E-state index contributed by atoms with van der Waals surface area (Å²) in [5.74, 6) is 1.75. The minimum atomic E-state index is 0.142. The Hall–Kier alpha value is -1.89. The number of carbonyl (C=O) groups excluding carboxylic acids is 1. The average molecular weight is 317 g/mol. The Kier molecular flexibility index (Phi) is 3.37. The van der Waals surface area contributed by atoms with E-state index in [0.29, 0.717) is 0 Å². The standard InChI is InChI=1S/C15H19N5OS/c1-10(21)19-5-7-20(8-6-19)15-16-14(17-18-15)13-9-11-3-2-4-12(11)22-13/h9H,2-8H2,1H3,(H,16,17,18). The lowest BCUT2D eigenvalue weighted by molar-refractivity contribution is -0.129. The molecule has 116 valence electrons. The highest BCUT2D eigenvalue weighted by Crippen LogP contribution is 2.35. The zero-order chi connectivity index (χ0) is 15.1. The van der Waals surface area contributed by atoms with Gasteiger partial charge in [0.1, 0.15) is 0 Å².